The summed E-state index contributed by atoms with van der Waals surface area (Å²) in [6, 6.07) is 2.34. The fourth-order valence-corrected chi connectivity index (χ4v) is 1.24. The maximum absolute atomic E-state index is 13.2. The Morgan fingerprint density at radius 1 is 1.31 bits per heavy atom. The van der Waals surface area contributed by atoms with Gasteiger partial charge in [0.2, 0.25) is 0 Å². The largest absolute Gasteiger partial charge is 0.416 e. The molecule has 0 saturated carbocycles. The minimum Gasteiger partial charge on any atom is -0.300 e. The molecule has 88 valence electrons. The number of carbonyl (C=O) groups excluding carboxylic acids is 1. The normalized spacial score (nSPS) is 11.6. The molecule has 0 aliphatic rings. The second-order valence-corrected chi connectivity index (χ2v) is 3.51. The van der Waals surface area contributed by atoms with E-state index in [2.05, 4.69) is 0 Å². The van der Waals surface area contributed by atoms with Crippen LogP contribution in [0.4, 0.5) is 17.6 Å². The van der Waals surface area contributed by atoms with Gasteiger partial charge in [-0.1, -0.05) is 6.07 Å². The van der Waals surface area contributed by atoms with Crippen molar-refractivity contribution in [1.82, 2.24) is 0 Å². The highest BCUT2D eigenvalue weighted by atomic mass is 19.4. The van der Waals surface area contributed by atoms with E-state index in [1.807, 2.05) is 0 Å². The first-order valence-corrected chi connectivity index (χ1v) is 4.66. The van der Waals surface area contributed by atoms with Gasteiger partial charge in [-0.3, -0.25) is 0 Å². The van der Waals surface area contributed by atoms with E-state index in [1.165, 1.54) is 6.92 Å². The van der Waals surface area contributed by atoms with Crippen molar-refractivity contribution < 1.29 is 22.4 Å². The molecule has 0 aliphatic carbocycles. The summed E-state index contributed by atoms with van der Waals surface area (Å²) in [5, 5.41) is 0. The summed E-state index contributed by atoms with van der Waals surface area (Å²) in [6.45, 7) is 1.35. The van der Waals surface area contributed by atoms with Gasteiger partial charge in [-0.25, -0.2) is 4.39 Å². The van der Waals surface area contributed by atoms with Crippen molar-refractivity contribution in [2.75, 3.05) is 0 Å². The van der Waals surface area contributed by atoms with E-state index < -0.39 is 17.6 Å². The topological polar surface area (TPSA) is 17.1 Å². The molecule has 1 nitrogen and oxygen atoms in total. The molecule has 0 unspecified atom stereocenters. The van der Waals surface area contributed by atoms with Gasteiger partial charge < -0.3 is 4.79 Å². The van der Waals surface area contributed by atoms with E-state index in [4.69, 9.17) is 0 Å². The molecule has 1 aromatic carbocycles. The van der Waals surface area contributed by atoms with Gasteiger partial charge in [-0.2, -0.15) is 13.2 Å². The molecule has 0 radical (unpaired) electrons. The van der Waals surface area contributed by atoms with Crippen LogP contribution < -0.4 is 0 Å². The zero-order chi connectivity index (χ0) is 12.3. The average molecular weight is 234 g/mol. The standard InChI is InChI=1S/C11H10F4O/c1-7(16)2-3-8-4-5-9(6-10(8)12)11(13,14)15/h4-6H,2-3H2,1H3. The zero-order valence-corrected chi connectivity index (χ0v) is 8.57. The SMILES string of the molecule is CC(=O)CCc1ccc(C(F)(F)F)cc1F. The lowest BCUT2D eigenvalue weighted by atomic mass is 10.0. The van der Waals surface area contributed by atoms with E-state index in [9.17, 15) is 22.4 Å². The maximum atomic E-state index is 13.2. The number of Topliss-reactive ketones (excluding diaryl/α,β-unsaturated/α-hetero) is 1. The van der Waals surface area contributed by atoms with Gasteiger partial charge >= 0.3 is 6.18 Å². The molecule has 5 heteroatoms. The van der Waals surface area contributed by atoms with Gasteiger partial charge in [0, 0.05) is 6.42 Å². The maximum Gasteiger partial charge on any atom is 0.416 e. The van der Waals surface area contributed by atoms with E-state index in [1.54, 1.807) is 0 Å². The van der Waals surface area contributed by atoms with Crippen LogP contribution in [0.1, 0.15) is 24.5 Å². The van der Waals surface area contributed by atoms with Crippen LogP contribution in [0.15, 0.2) is 18.2 Å². The first-order chi connectivity index (χ1) is 7.30. The Morgan fingerprint density at radius 3 is 2.38 bits per heavy atom. The molecule has 0 saturated heterocycles. The van der Waals surface area contributed by atoms with Gasteiger partial charge in [-0.15, -0.1) is 0 Å². The van der Waals surface area contributed by atoms with Gasteiger partial charge in [0.1, 0.15) is 11.6 Å². The van der Waals surface area contributed by atoms with Crippen molar-refractivity contribution >= 4 is 5.78 Å². The highest BCUT2D eigenvalue weighted by molar-refractivity contribution is 5.75. The van der Waals surface area contributed by atoms with Crippen LogP contribution in [-0.4, -0.2) is 5.78 Å². The number of carbonyl (C=O) groups is 1. The summed E-state index contributed by atoms with van der Waals surface area (Å²) >= 11 is 0. The van der Waals surface area contributed by atoms with Crippen LogP contribution in [0.5, 0.6) is 0 Å². The first kappa shape index (κ1) is 12.7. The number of halogens is 4. The predicted molar refractivity (Wildman–Crippen MR) is 50.4 cm³/mol. The summed E-state index contributed by atoms with van der Waals surface area (Å²) in [6.07, 6.45) is -4.29. The predicted octanol–water partition coefficient (Wildman–Crippen LogP) is 3.37. The number of alkyl halides is 3. The van der Waals surface area contributed by atoms with Gasteiger partial charge in [0.05, 0.1) is 5.56 Å². The molecule has 0 aliphatic heterocycles. The van der Waals surface area contributed by atoms with Crippen molar-refractivity contribution in [2.24, 2.45) is 0 Å². The third-order valence-corrected chi connectivity index (χ3v) is 2.13. The Kier molecular flexibility index (Phi) is 3.67. The van der Waals surface area contributed by atoms with Crippen LogP contribution in [0.2, 0.25) is 0 Å². The lowest BCUT2D eigenvalue weighted by Crippen LogP contribution is -2.06. The molecule has 0 heterocycles. The van der Waals surface area contributed by atoms with E-state index in [-0.39, 0.29) is 24.2 Å². The third kappa shape index (κ3) is 3.32. The monoisotopic (exact) mass is 234 g/mol. The fraction of sp³-hybridized carbons (Fsp3) is 0.364. The second kappa shape index (κ2) is 4.63. The molecule has 1 rings (SSSR count). The molecular weight excluding hydrogens is 224 g/mol. The summed E-state index contributed by atoms with van der Waals surface area (Å²) in [7, 11) is 0. The van der Waals surface area contributed by atoms with Gasteiger partial charge in [0.25, 0.3) is 0 Å². The third-order valence-electron chi connectivity index (χ3n) is 2.13. The number of benzene rings is 1. The number of aryl methyl sites for hydroxylation is 1. The van der Waals surface area contributed by atoms with Crippen LogP contribution in [-0.2, 0) is 17.4 Å². The molecule has 0 N–H and O–H groups in total. The molecule has 1 aromatic rings. The Labute approximate surface area is 90.1 Å². The van der Waals surface area contributed by atoms with Crippen molar-refractivity contribution in [3.63, 3.8) is 0 Å². The number of rotatable bonds is 3. The van der Waals surface area contributed by atoms with Crippen LogP contribution in [0.25, 0.3) is 0 Å². The lowest BCUT2D eigenvalue weighted by molar-refractivity contribution is -0.137. The van der Waals surface area contributed by atoms with E-state index >= 15 is 0 Å². The Bertz CT molecular complexity index is 395. The minimum absolute atomic E-state index is 0.124. The number of ketones is 1. The second-order valence-electron chi connectivity index (χ2n) is 3.51. The minimum atomic E-state index is -4.54. The number of hydrogen-bond donors (Lipinski definition) is 0. The van der Waals surface area contributed by atoms with Crippen LogP contribution >= 0.6 is 0 Å². The first-order valence-electron chi connectivity index (χ1n) is 4.66. The van der Waals surface area contributed by atoms with Crippen LogP contribution in [0.3, 0.4) is 0 Å². The quantitative estimate of drug-likeness (QED) is 0.733. The lowest BCUT2D eigenvalue weighted by Gasteiger charge is -2.08. The Balaban J connectivity index is 2.88. The highest BCUT2D eigenvalue weighted by Gasteiger charge is 2.31. The molecule has 0 atom stereocenters. The Hall–Kier alpha value is -1.39. The van der Waals surface area contributed by atoms with Gasteiger partial charge in [-0.05, 0) is 31.0 Å². The summed E-state index contributed by atoms with van der Waals surface area (Å²) in [5.74, 6) is -1.05. The molecule has 0 spiro atoms. The zero-order valence-electron chi connectivity index (χ0n) is 8.57. The van der Waals surface area contributed by atoms with Gasteiger partial charge in [0.15, 0.2) is 0 Å². The molecule has 0 fully saturated rings. The molecule has 0 bridgehead atoms. The van der Waals surface area contributed by atoms with Crippen molar-refractivity contribution in [3.05, 3.63) is 35.1 Å². The summed E-state index contributed by atoms with van der Waals surface area (Å²) in [4.78, 5) is 10.7. The van der Waals surface area contributed by atoms with Crippen LogP contribution in [0, 0.1) is 5.82 Å². The fourth-order valence-electron chi connectivity index (χ4n) is 1.24. The van der Waals surface area contributed by atoms with Crippen molar-refractivity contribution in [1.29, 1.82) is 0 Å². The molecule has 0 aromatic heterocycles. The average Bonchev–Trinajstić information content (AvgIpc) is 2.14. The van der Waals surface area contributed by atoms with Crippen molar-refractivity contribution in [2.45, 2.75) is 25.9 Å². The summed E-state index contributed by atoms with van der Waals surface area (Å²) in [5.41, 5.74) is -0.889. The Morgan fingerprint density at radius 2 is 1.94 bits per heavy atom. The smallest absolute Gasteiger partial charge is 0.300 e. The van der Waals surface area contributed by atoms with Crippen molar-refractivity contribution in [3.8, 4) is 0 Å². The highest BCUT2D eigenvalue weighted by Crippen LogP contribution is 2.30. The van der Waals surface area contributed by atoms with E-state index in [0.29, 0.717) is 6.07 Å². The number of hydrogen-bond acceptors (Lipinski definition) is 1. The van der Waals surface area contributed by atoms with E-state index in [0.717, 1.165) is 12.1 Å². The molecule has 0 amide bonds. The summed E-state index contributed by atoms with van der Waals surface area (Å²) < 4.78 is 49.8. The molecular formula is C11H10F4O. The molecule has 16 heavy (non-hydrogen) atoms.